The summed E-state index contributed by atoms with van der Waals surface area (Å²) in [7, 11) is 3.90. The number of ether oxygens (including phenoxy) is 2. The van der Waals surface area contributed by atoms with E-state index in [0.29, 0.717) is 0 Å². The highest BCUT2D eigenvalue weighted by Crippen LogP contribution is 2.35. The van der Waals surface area contributed by atoms with Crippen LogP contribution < -0.4 is 10.6 Å². The van der Waals surface area contributed by atoms with Crippen LogP contribution in [-0.2, 0) is 14.9 Å². The number of benzene rings is 1. The first kappa shape index (κ1) is 22.7. The molecular weight excluding hydrogens is 352 g/mol. The Labute approximate surface area is 170 Å². The van der Waals surface area contributed by atoms with E-state index < -0.39 is 0 Å². The minimum atomic E-state index is 0.0683. The molecule has 0 amide bonds. The zero-order valence-electron chi connectivity index (χ0n) is 17.9. The van der Waals surface area contributed by atoms with Gasteiger partial charge < -0.3 is 25.0 Å². The molecule has 158 valence electrons. The van der Waals surface area contributed by atoms with Gasteiger partial charge in [-0.2, -0.15) is 0 Å². The number of rotatable bonds is 11. The summed E-state index contributed by atoms with van der Waals surface area (Å²) in [4.78, 5) is 7.28. The number of likely N-dealkylation sites (N-methyl/N-ethyl adjacent to an activating group) is 1. The summed E-state index contributed by atoms with van der Waals surface area (Å²) in [6, 6.07) is 10.8. The van der Waals surface area contributed by atoms with Crippen molar-refractivity contribution in [2.24, 2.45) is 4.99 Å². The van der Waals surface area contributed by atoms with Crippen LogP contribution in [-0.4, -0.2) is 77.6 Å². The van der Waals surface area contributed by atoms with Crippen molar-refractivity contribution in [2.75, 3.05) is 66.7 Å². The molecule has 0 aromatic heterocycles. The number of methoxy groups -OCH3 is 1. The van der Waals surface area contributed by atoms with Crippen molar-refractivity contribution in [2.45, 2.75) is 31.6 Å². The predicted octanol–water partition coefficient (Wildman–Crippen LogP) is 2.26. The fourth-order valence-corrected chi connectivity index (χ4v) is 3.62. The minimum absolute atomic E-state index is 0.0683. The molecule has 0 atom stereocenters. The molecule has 1 aliphatic rings. The first-order chi connectivity index (χ1) is 13.7. The second-order valence-electron chi connectivity index (χ2n) is 7.53. The summed E-state index contributed by atoms with van der Waals surface area (Å²) in [6.45, 7) is 9.06. The molecule has 0 aliphatic carbocycles. The van der Waals surface area contributed by atoms with Crippen molar-refractivity contribution in [1.82, 2.24) is 15.5 Å². The van der Waals surface area contributed by atoms with Crippen molar-refractivity contribution in [1.29, 1.82) is 0 Å². The Morgan fingerprint density at radius 1 is 1.18 bits per heavy atom. The lowest BCUT2D eigenvalue weighted by atomic mass is 9.74. The van der Waals surface area contributed by atoms with Crippen LogP contribution >= 0.6 is 0 Å². The average Bonchev–Trinajstić information content (AvgIpc) is 2.73. The molecule has 1 aliphatic heterocycles. The number of aliphatic imine (C=N–C) groups is 1. The molecule has 0 spiro atoms. The van der Waals surface area contributed by atoms with Crippen LogP contribution in [0.25, 0.3) is 0 Å². The molecule has 1 aromatic rings. The van der Waals surface area contributed by atoms with Crippen molar-refractivity contribution < 1.29 is 9.47 Å². The van der Waals surface area contributed by atoms with Crippen LogP contribution in [0.3, 0.4) is 0 Å². The van der Waals surface area contributed by atoms with Crippen molar-refractivity contribution >= 4 is 5.96 Å². The van der Waals surface area contributed by atoms with Gasteiger partial charge >= 0.3 is 0 Å². The normalized spacial score (nSPS) is 16.9. The fourth-order valence-electron chi connectivity index (χ4n) is 3.62. The second kappa shape index (κ2) is 12.8. The summed E-state index contributed by atoms with van der Waals surface area (Å²) in [5.41, 5.74) is 1.44. The molecule has 2 rings (SSSR count). The molecule has 6 heteroatoms. The van der Waals surface area contributed by atoms with Crippen LogP contribution in [0.15, 0.2) is 35.3 Å². The largest absolute Gasteiger partial charge is 0.385 e. The van der Waals surface area contributed by atoms with Gasteiger partial charge in [-0.05, 0) is 38.8 Å². The maximum Gasteiger partial charge on any atom is 0.191 e. The molecule has 1 saturated heterocycles. The predicted molar refractivity (Wildman–Crippen MR) is 116 cm³/mol. The Balaban J connectivity index is 1.93. The first-order valence-corrected chi connectivity index (χ1v) is 10.5. The molecule has 1 aromatic carbocycles. The van der Waals surface area contributed by atoms with Gasteiger partial charge in [-0.25, -0.2) is 0 Å². The number of nitrogens with zero attached hydrogens (tertiary/aromatic N) is 2. The van der Waals surface area contributed by atoms with E-state index in [4.69, 9.17) is 14.5 Å². The van der Waals surface area contributed by atoms with Crippen LogP contribution in [0.2, 0.25) is 0 Å². The summed E-state index contributed by atoms with van der Waals surface area (Å²) in [5, 5.41) is 6.87. The van der Waals surface area contributed by atoms with Gasteiger partial charge in [-0.1, -0.05) is 30.3 Å². The molecule has 0 bridgehead atoms. The van der Waals surface area contributed by atoms with E-state index in [9.17, 15) is 0 Å². The maximum atomic E-state index is 5.64. The SMILES string of the molecule is CCNC(=NCC1(c2ccccc2)CCOCC1)NCCN(C)CCCOC. The lowest BCUT2D eigenvalue weighted by Gasteiger charge is -2.36. The second-order valence-corrected chi connectivity index (χ2v) is 7.53. The van der Waals surface area contributed by atoms with E-state index in [0.717, 1.165) is 77.8 Å². The number of hydrogen-bond donors (Lipinski definition) is 2. The molecule has 1 heterocycles. The van der Waals surface area contributed by atoms with Crippen LogP contribution in [0.5, 0.6) is 0 Å². The van der Waals surface area contributed by atoms with E-state index in [1.807, 2.05) is 0 Å². The van der Waals surface area contributed by atoms with E-state index in [1.165, 1.54) is 5.56 Å². The lowest BCUT2D eigenvalue weighted by molar-refractivity contribution is 0.0531. The van der Waals surface area contributed by atoms with E-state index in [2.05, 4.69) is 59.8 Å². The average molecular weight is 391 g/mol. The molecular formula is C22H38N4O2. The van der Waals surface area contributed by atoms with Gasteiger partial charge in [0.2, 0.25) is 0 Å². The van der Waals surface area contributed by atoms with Gasteiger partial charge in [0.05, 0.1) is 6.54 Å². The lowest BCUT2D eigenvalue weighted by Crippen LogP contribution is -2.43. The van der Waals surface area contributed by atoms with Crippen LogP contribution in [0.4, 0.5) is 0 Å². The maximum absolute atomic E-state index is 5.64. The quantitative estimate of drug-likeness (QED) is 0.345. The van der Waals surface area contributed by atoms with Gasteiger partial charge in [0, 0.05) is 58.5 Å². The highest BCUT2D eigenvalue weighted by atomic mass is 16.5. The number of nitrogens with one attached hydrogen (secondary N) is 2. The van der Waals surface area contributed by atoms with Gasteiger partial charge in [-0.15, -0.1) is 0 Å². The van der Waals surface area contributed by atoms with Gasteiger partial charge in [0.1, 0.15) is 0 Å². The standard InChI is InChI=1S/C22H38N4O2/c1-4-23-21(24-13-15-26(2)14-8-16-27-3)25-19-22(11-17-28-18-12-22)20-9-6-5-7-10-20/h5-7,9-10H,4,8,11-19H2,1-3H3,(H2,23,24,25). The first-order valence-electron chi connectivity index (χ1n) is 10.5. The third-order valence-corrected chi connectivity index (χ3v) is 5.39. The molecule has 2 N–H and O–H groups in total. The van der Waals surface area contributed by atoms with Crippen molar-refractivity contribution in [3.05, 3.63) is 35.9 Å². The molecule has 6 nitrogen and oxygen atoms in total. The van der Waals surface area contributed by atoms with Crippen molar-refractivity contribution in [3.63, 3.8) is 0 Å². The Bertz CT molecular complexity index is 559. The molecule has 1 fully saturated rings. The van der Waals surface area contributed by atoms with E-state index in [1.54, 1.807) is 7.11 Å². The van der Waals surface area contributed by atoms with E-state index >= 15 is 0 Å². The van der Waals surface area contributed by atoms with Gasteiger partial charge in [0.25, 0.3) is 0 Å². The highest BCUT2D eigenvalue weighted by molar-refractivity contribution is 5.79. The third kappa shape index (κ3) is 7.41. The Hall–Kier alpha value is -1.63. The number of hydrogen-bond acceptors (Lipinski definition) is 4. The monoisotopic (exact) mass is 390 g/mol. The summed E-state index contributed by atoms with van der Waals surface area (Å²) < 4.78 is 10.8. The number of guanidine groups is 1. The summed E-state index contributed by atoms with van der Waals surface area (Å²) in [5.74, 6) is 0.898. The Morgan fingerprint density at radius 3 is 2.61 bits per heavy atom. The topological polar surface area (TPSA) is 58.1 Å². The Kier molecular flexibility index (Phi) is 10.3. The summed E-state index contributed by atoms with van der Waals surface area (Å²) >= 11 is 0. The van der Waals surface area contributed by atoms with Gasteiger partial charge in [-0.3, -0.25) is 4.99 Å². The fraction of sp³-hybridized carbons (Fsp3) is 0.682. The minimum Gasteiger partial charge on any atom is -0.385 e. The van der Waals surface area contributed by atoms with Crippen molar-refractivity contribution in [3.8, 4) is 0 Å². The van der Waals surface area contributed by atoms with Crippen LogP contribution in [0, 0.1) is 0 Å². The third-order valence-electron chi connectivity index (χ3n) is 5.39. The Morgan fingerprint density at radius 2 is 1.93 bits per heavy atom. The van der Waals surface area contributed by atoms with Gasteiger partial charge in [0.15, 0.2) is 5.96 Å². The molecule has 28 heavy (non-hydrogen) atoms. The zero-order chi connectivity index (χ0) is 20.1. The van der Waals surface area contributed by atoms with Crippen LogP contribution in [0.1, 0.15) is 31.7 Å². The smallest absolute Gasteiger partial charge is 0.191 e. The molecule has 0 saturated carbocycles. The summed E-state index contributed by atoms with van der Waals surface area (Å²) in [6.07, 6.45) is 3.09. The zero-order valence-corrected chi connectivity index (χ0v) is 17.9. The molecule has 0 radical (unpaired) electrons. The van der Waals surface area contributed by atoms with E-state index in [-0.39, 0.29) is 5.41 Å². The molecule has 0 unspecified atom stereocenters. The highest BCUT2D eigenvalue weighted by Gasteiger charge is 2.34.